The van der Waals surface area contributed by atoms with Crippen LogP contribution in [0.25, 0.3) is 0 Å². The van der Waals surface area contributed by atoms with Gasteiger partial charge in [-0.2, -0.15) is 0 Å². The van der Waals surface area contributed by atoms with Gasteiger partial charge in [0.2, 0.25) is 0 Å². The summed E-state index contributed by atoms with van der Waals surface area (Å²) in [6.07, 6.45) is 0.0991. The van der Waals surface area contributed by atoms with Crippen LogP contribution in [-0.4, -0.2) is 5.11 Å². The zero-order valence-electron chi connectivity index (χ0n) is 7.22. The minimum absolute atomic E-state index is 0.114. The van der Waals surface area contributed by atoms with E-state index in [0.717, 1.165) is 16.5 Å². The van der Waals surface area contributed by atoms with E-state index < -0.39 is 6.10 Å². The molecule has 2 unspecified atom stereocenters. The first-order valence-corrected chi connectivity index (χ1v) is 5.05. The molecule has 2 atom stereocenters. The quantitative estimate of drug-likeness (QED) is 0.745. The highest BCUT2D eigenvalue weighted by atomic mass is 79.9. The molecule has 0 aliphatic heterocycles. The number of aliphatic hydroxyl groups is 1. The van der Waals surface area contributed by atoms with E-state index in [9.17, 15) is 9.50 Å². The molecule has 0 aromatic heterocycles. The summed E-state index contributed by atoms with van der Waals surface area (Å²) in [5, 5.41) is 9.69. The Kier molecular flexibility index (Phi) is 2.16. The van der Waals surface area contributed by atoms with Gasteiger partial charge < -0.3 is 5.11 Å². The average Bonchev–Trinajstić information content (AvgIpc) is 2.38. The first kappa shape index (κ1) is 9.16. The Hall–Kier alpha value is -0.410. The molecule has 0 bridgehead atoms. The van der Waals surface area contributed by atoms with Crippen molar-refractivity contribution in [1.82, 2.24) is 0 Å². The number of aliphatic hydroxyl groups excluding tert-OH is 1. The van der Waals surface area contributed by atoms with Gasteiger partial charge in [0.15, 0.2) is 0 Å². The second kappa shape index (κ2) is 3.07. The zero-order chi connectivity index (χ0) is 9.59. The molecule has 0 heterocycles. The van der Waals surface area contributed by atoms with Gasteiger partial charge in [-0.15, -0.1) is 0 Å². The van der Waals surface area contributed by atoms with Gasteiger partial charge in [-0.1, -0.05) is 22.9 Å². The van der Waals surface area contributed by atoms with Gasteiger partial charge in [-0.25, -0.2) is 4.39 Å². The molecule has 1 aromatic carbocycles. The topological polar surface area (TPSA) is 20.2 Å². The summed E-state index contributed by atoms with van der Waals surface area (Å²) in [6, 6.07) is 3.09. The van der Waals surface area contributed by atoms with E-state index in [-0.39, 0.29) is 11.7 Å². The van der Waals surface area contributed by atoms with Gasteiger partial charge in [-0.05, 0) is 30.0 Å². The Morgan fingerprint density at radius 3 is 2.85 bits per heavy atom. The van der Waals surface area contributed by atoms with Crippen LogP contribution in [0.1, 0.15) is 24.2 Å². The summed E-state index contributed by atoms with van der Waals surface area (Å²) >= 11 is 3.36. The lowest BCUT2D eigenvalue weighted by Gasteiger charge is -2.08. The van der Waals surface area contributed by atoms with Crippen molar-refractivity contribution in [2.45, 2.75) is 19.4 Å². The first-order valence-electron chi connectivity index (χ1n) is 4.26. The fourth-order valence-corrected chi connectivity index (χ4v) is 2.36. The molecule has 0 amide bonds. The molecule has 0 spiro atoms. The largest absolute Gasteiger partial charge is 0.388 e. The number of hydrogen-bond donors (Lipinski definition) is 1. The van der Waals surface area contributed by atoms with E-state index in [4.69, 9.17) is 0 Å². The van der Waals surface area contributed by atoms with Crippen LogP contribution in [0.3, 0.4) is 0 Å². The molecule has 2 rings (SSSR count). The highest BCUT2D eigenvalue weighted by molar-refractivity contribution is 9.10. The van der Waals surface area contributed by atoms with Crippen LogP contribution < -0.4 is 0 Å². The summed E-state index contributed by atoms with van der Waals surface area (Å²) in [5.74, 6) is -0.182. The van der Waals surface area contributed by atoms with Crippen molar-refractivity contribution in [3.8, 4) is 0 Å². The maximum atomic E-state index is 13.3. The lowest BCUT2D eigenvalue weighted by Crippen LogP contribution is -2.02. The molecular formula is C10H10BrFO. The Balaban J connectivity index is 2.61. The summed E-state index contributed by atoms with van der Waals surface area (Å²) < 4.78 is 14.2. The molecule has 1 N–H and O–H groups in total. The van der Waals surface area contributed by atoms with Gasteiger partial charge in [0.1, 0.15) is 5.82 Å². The van der Waals surface area contributed by atoms with Crippen molar-refractivity contribution in [3.63, 3.8) is 0 Å². The summed E-state index contributed by atoms with van der Waals surface area (Å²) in [5.41, 5.74) is 1.39. The maximum absolute atomic E-state index is 13.3. The normalized spacial score (nSPS) is 26.2. The lowest BCUT2D eigenvalue weighted by atomic mass is 10.1. The van der Waals surface area contributed by atoms with Crippen LogP contribution in [-0.2, 0) is 6.42 Å². The lowest BCUT2D eigenvalue weighted by molar-refractivity contribution is 0.129. The van der Waals surface area contributed by atoms with Crippen LogP contribution in [0.2, 0.25) is 0 Å². The third-order valence-corrected chi connectivity index (χ3v) is 3.35. The van der Waals surface area contributed by atoms with E-state index in [2.05, 4.69) is 15.9 Å². The summed E-state index contributed by atoms with van der Waals surface area (Å²) in [4.78, 5) is 0. The molecular weight excluding hydrogens is 235 g/mol. The SMILES string of the molecule is CC1Cc2c(Br)ccc(F)c2C1O. The summed E-state index contributed by atoms with van der Waals surface area (Å²) in [7, 11) is 0. The standard InChI is InChI=1S/C10H10BrFO/c1-5-4-6-7(11)2-3-8(12)9(6)10(5)13/h2-3,5,10,13H,4H2,1H3. The van der Waals surface area contributed by atoms with Crippen molar-refractivity contribution in [2.24, 2.45) is 5.92 Å². The number of benzene rings is 1. The van der Waals surface area contributed by atoms with Crippen molar-refractivity contribution >= 4 is 15.9 Å². The molecule has 13 heavy (non-hydrogen) atoms. The predicted octanol–water partition coefficient (Wildman–Crippen LogP) is 2.81. The van der Waals surface area contributed by atoms with Crippen LogP contribution in [0.4, 0.5) is 4.39 Å². The molecule has 0 fully saturated rings. The van der Waals surface area contributed by atoms with Crippen LogP contribution >= 0.6 is 15.9 Å². The zero-order valence-corrected chi connectivity index (χ0v) is 8.81. The fourth-order valence-electron chi connectivity index (χ4n) is 1.85. The number of rotatable bonds is 0. The van der Waals surface area contributed by atoms with Gasteiger partial charge in [-0.3, -0.25) is 0 Å². The highest BCUT2D eigenvalue weighted by Crippen LogP contribution is 2.40. The maximum Gasteiger partial charge on any atom is 0.129 e. The van der Waals surface area contributed by atoms with Crippen molar-refractivity contribution in [2.75, 3.05) is 0 Å². The van der Waals surface area contributed by atoms with Crippen molar-refractivity contribution in [1.29, 1.82) is 0 Å². The molecule has 0 radical (unpaired) electrons. The molecule has 1 nitrogen and oxygen atoms in total. The molecule has 3 heteroatoms. The molecule has 0 saturated heterocycles. The Morgan fingerprint density at radius 2 is 2.23 bits per heavy atom. The van der Waals surface area contributed by atoms with Crippen LogP contribution in [0, 0.1) is 11.7 Å². The average molecular weight is 245 g/mol. The Bertz CT molecular complexity index is 351. The number of halogens is 2. The van der Waals surface area contributed by atoms with Crippen molar-refractivity contribution < 1.29 is 9.50 Å². The van der Waals surface area contributed by atoms with Gasteiger partial charge >= 0.3 is 0 Å². The second-order valence-corrected chi connectivity index (χ2v) is 4.40. The monoisotopic (exact) mass is 244 g/mol. The smallest absolute Gasteiger partial charge is 0.129 e. The van der Waals surface area contributed by atoms with E-state index in [1.54, 1.807) is 6.07 Å². The van der Waals surface area contributed by atoms with Gasteiger partial charge in [0.25, 0.3) is 0 Å². The second-order valence-electron chi connectivity index (χ2n) is 3.55. The first-order chi connectivity index (χ1) is 6.11. The minimum atomic E-state index is -0.646. The third-order valence-electron chi connectivity index (χ3n) is 2.61. The number of hydrogen-bond acceptors (Lipinski definition) is 1. The Morgan fingerprint density at radius 1 is 1.54 bits per heavy atom. The van der Waals surface area contributed by atoms with Gasteiger partial charge in [0.05, 0.1) is 6.10 Å². The predicted molar refractivity (Wildman–Crippen MR) is 51.9 cm³/mol. The van der Waals surface area contributed by atoms with Gasteiger partial charge in [0, 0.05) is 10.0 Å². The van der Waals surface area contributed by atoms with Crippen LogP contribution in [0.15, 0.2) is 16.6 Å². The molecule has 0 saturated carbocycles. The van der Waals surface area contributed by atoms with E-state index in [1.807, 2.05) is 6.92 Å². The van der Waals surface area contributed by atoms with E-state index in [0.29, 0.717) is 5.56 Å². The molecule has 1 aliphatic rings. The summed E-state index contributed by atoms with van der Waals surface area (Å²) in [6.45, 7) is 1.93. The van der Waals surface area contributed by atoms with E-state index >= 15 is 0 Å². The number of fused-ring (bicyclic) bond motifs is 1. The molecule has 70 valence electrons. The molecule has 1 aliphatic carbocycles. The third kappa shape index (κ3) is 1.30. The molecule has 1 aromatic rings. The Labute approximate surface area is 84.7 Å². The highest BCUT2D eigenvalue weighted by Gasteiger charge is 2.31. The van der Waals surface area contributed by atoms with Crippen molar-refractivity contribution in [3.05, 3.63) is 33.5 Å². The minimum Gasteiger partial charge on any atom is -0.388 e. The van der Waals surface area contributed by atoms with Crippen LogP contribution in [0.5, 0.6) is 0 Å². The van der Waals surface area contributed by atoms with E-state index in [1.165, 1.54) is 6.07 Å². The fraction of sp³-hybridized carbons (Fsp3) is 0.400.